The Morgan fingerprint density at radius 3 is 3.00 bits per heavy atom. The molecule has 2 rings (SSSR count). The summed E-state index contributed by atoms with van der Waals surface area (Å²) >= 11 is 4.32. The largest absolute Gasteiger partial charge is 0.375 e. The molecule has 1 saturated heterocycles. The third kappa shape index (κ3) is 2.82. The fourth-order valence-electron chi connectivity index (χ4n) is 1.98. The zero-order chi connectivity index (χ0) is 12.3. The summed E-state index contributed by atoms with van der Waals surface area (Å²) in [6.45, 7) is 4.04. The normalized spacial score (nSPS) is 20.4. The molecule has 3 nitrogen and oxygen atoms in total. The van der Waals surface area contributed by atoms with E-state index in [2.05, 4.69) is 19.6 Å². The minimum atomic E-state index is 0.0531. The van der Waals surface area contributed by atoms with Gasteiger partial charge in [-0.2, -0.15) is 0 Å². The van der Waals surface area contributed by atoms with E-state index in [1.54, 1.807) is 0 Å². The molecule has 1 aromatic carbocycles. The number of carbonyl (C=O) groups excluding carboxylic acids is 1. The van der Waals surface area contributed by atoms with Crippen LogP contribution in [0.2, 0.25) is 0 Å². The molecule has 1 amide bonds. The maximum atomic E-state index is 12.3. The smallest absolute Gasteiger partial charge is 0.255 e. The third-order valence-electron chi connectivity index (χ3n) is 3.02. The second-order valence-electron chi connectivity index (χ2n) is 4.17. The molecule has 1 unspecified atom stereocenters. The molecule has 1 aliphatic rings. The van der Waals surface area contributed by atoms with Gasteiger partial charge in [-0.05, 0) is 18.6 Å². The van der Waals surface area contributed by atoms with Gasteiger partial charge in [-0.15, -0.1) is 12.6 Å². The Morgan fingerprint density at radius 2 is 2.29 bits per heavy atom. The van der Waals surface area contributed by atoms with E-state index in [1.165, 1.54) is 0 Å². The van der Waals surface area contributed by atoms with E-state index < -0.39 is 0 Å². The Hall–Kier alpha value is -1.00. The first-order chi connectivity index (χ1) is 8.22. The fraction of sp³-hybridized carbons (Fsp3) is 0.462. The zero-order valence-corrected chi connectivity index (χ0v) is 10.8. The molecule has 0 aromatic heterocycles. The van der Waals surface area contributed by atoms with Gasteiger partial charge < -0.3 is 9.64 Å². The van der Waals surface area contributed by atoms with E-state index in [4.69, 9.17) is 4.74 Å². The average Bonchev–Trinajstić information content (AvgIpc) is 2.38. The Balaban J connectivity index is 2.12. The summed E-state index contributed by atoms with van der Waals surface area (Å²) in [5.74, 6) is 0.0531. The first kappa shape index (κ1) is 12.5. The predicted octanol–water partition coefficient (Wildman–Crippen LogP) is 2.23. The number of carbonyl (C=O) groups is 1. The highest BCUT2D eigenvalue weighted by Crippen LogP contribution is 2.17. The molecule has 4 heteroatoms. The van der Waals surface area contributed by atoms with E-state index in [0.717, 1.165) is 11.3 Å². The van der Waals surface area contributed by atoms with E-state index in [1.807, 2.05) is 29.2 Å². The van der Waals surface area contributed by atoms with Crippen LogP contribution in [-0.2, 0) is 4.74 Å². The molecule has 1 atom stereocenters. The molecule has 0 radical (unpaired) electrons. The van der Waals surface area contributed by atoms with Crippen LogP contribution in [0.1, 0.15) is 23.7 Å². The number of morpholine rings is 1. The number of ether oxygens (including phenoxy) is 1. The predicted molar refractivity (Wildman–Crippen MR) is 69.6 cm³/mol. The van der Waals surface area contributed by atoms with Gasteiger partial charge in [0.2, 0.25) is 0 Å². The monoisotopic (exact) mass is 251 g/mol. The van der Waals surface area contributed by atoms with Crippen molar-refractivity contribution in [3.63, 3.8) is 0 Å². The lowest BCUT2D eigenvalue weighted by atomic mass is 10.1. The van der Waals surface area contributed by atoms with E-state index >= 15 is 0 Å². The molecular formula is C13H17NO2S. The van der Waals surface area contributed by atoms with E-state index in [9.17, 15) is 4.79 Å². The van der Waals surface area contributed by atoms with Gasteiger partial charge in [-0.3, -0.25) is 4.79 Å². The summed E-state index contributed by atoms with van der Waals surface area (Å²) in [7, 11) is 0. The molecule has 17 heavy (non-hydrogen) atoms. The minimum absolute atomic E-state index is 0.0531. The Morgan fingerprint density at radius 1 is 1.53 bits per heavy atom. The van der Waals surface area contributed by atoms with Gasteiger partial charge >= 0.3 is 0 Å². The summed E-state index contributed by atoms with van der Waals surface area (Å²) in [5.41, 5.74) is 0.674. The van der Waals surface area contributed by atoms with Crippen LogP contribution >= 0.6 is 12.6 Å². The molecule has 1 aliphatic heterocycles. The van der Waals surface area contributed by atoms with Crippen LogP contribution in [0.5, 0.6) is 0 Å². The number of amides is 1. The summed E-state index contributed by atoms with van der Waals surface area (Å²) in [5, 5.41) is 0. The summed E-state index contributed by atoms with van der Waals surface area (Å²) < 4.78 is 5.56. The first-order valence-electron chi connectivity index (χ1n) is 5.91. The van der Waals surface area contributed by atoms with Gasteiger partial charge in [0.05, 0.1) is 18.3 Å². The van der Waals surface area contributed by atoms with Crippen LogP contribution in [-0.4, -0.2) is 36.6 Å². The van der Waals surface area contributed by atoms with Crippen LogP contribution in [0.4, 0.5) is 0 Å². The SMILES string of the molecule is CCC1CN(C(=O)c2ccccc2S)CCO1. The fourth-order valence-corrected chi connectivity index (χ4v) is 2.23. The lowest BCUT2D eigenvalue weighted by Crippen LogP contribution is -2.45. The topological polar surface area (TPSA) is 29.5 Å². The lowest BCUT2D eigenvalue weighted by Gasteiger charge is -2.32. The number of hydrogen-bond acceptors (Lipinski definition) is 3. The molecule has 92 valence electrons. The van der Waals surface area contributed by atoms with Gasteiger partial charge in [0.15, 0.2) is 0 Å². The number of benzene rings is 1. The lowest BCUT2D eigenvalue weighted by molar-refractivity contribution is -0.0227. The summed E-state index contributed by atoms with van der Waals surface area (Å²) in [6, 6.07) is 7.41. The maximum Gasteiger partial charge on any atom is 0.255 e. The minimum Gasteiger partial charge on any atom is -0.375 e. The molecule has 0 N–H and O–H groups in total. The van der Waals surface area contributed by atoms with E-state index in [0.29, 0.717) is 25.3 Å². The average molecular weight is 251 g/mol. The molecular weight excluding hydrogens is 234 g/mol. The molecule has 1 heterocycles. The van der Waals surface area contributed by atoms with Crippen molar-refractivity contribution < 1.29 is 9.53 Å². The highest BCUT2D eigenvalue weighted by Gasteiger charge is 2.24. The van der Waals surface area contributed by atoms with Crippen molar-refractivity contribution in [2.45, 2.75) is 24.3 Å². The van der Waals surface area contributed by atoms with Crippen molar-refractivity contribution in [1.29, 1.82) is 0 Å². The van der Waals surface area contributed by atoms with Crippen LogP contribution in [0.3, 0.4) is 0 Å². The highest BCUT2D eigenvalue weighted by atomic mass is 32.1. The van der Waals surface area contributed by atoms with Crippen molar-refractivity contribution in [3.8, 4) is 0 Å². The van der Waals surface area contributed by atoms with Crippen LogP contribution in [0.15, 0.2) is 29.2 Å². The summed E-state index contributed by atoms with van der Waals surface area (Å²) in [6.07, 6.45) is 1.10. The second kappa shape index (κ2) is 5.56. The second-order valence-corrected chi connectivity index (χ2v) is 4.65. The van der Waals surface area contributed by atoms with Gasteiger partial charge in [0.25, 0.3) is 5.91 Å². The zero-order valence-electron chi connectivity index (χ0n) is 9.93. The molecule has 0 aliphatic carbocycles. The molecule has 0 bridgehead atoms. The highest BCUT2D eigenvalue weighted by molar-refractivity contribution is 7.80. The number of hydrogen-bond donors (Lipinski definition) is 1. The Labute approximate surface area is 107 Å². The molecule has 1 fully saturated rings. The first-order valence-corrected chi connectivity index (χ1v) is 6.36. The number of nitrogens with zero attached hydrogens (tertiary/aromatic N) is 1. The van der Waals surface area contributed by atoms with Gasteiger partial charge in [-0.1, -0.05) is 19.1 Å². The maximum absolute atomic E-state index is 12.3. The Bertz CT molecular complexity index is 408. The molecule has 0 saturated carbocycles. The number of thiol groups is 1. The molecule has 1 aromatic rings. The molecule has 0 spiro atoms. The standard InChI is InChI=1S/C13H17NO2S/c1-2-10-9-14(7-8-16-10)13(15)11-5-3-4-6-12(11)17/h3-6,10,17H,2,7-9H2,1H3. The van der Waals surface area contributed by atoms with E-state index in [-0.39, 0.29) is 12.0 Å². The van der Waals surface area contributed by atoms with Gasteiger partial charge in [-0.25, -0.2) is 0 Å². The summed E-state index contributed by atoms with van der Waals surface area (Å²) in [4.78, 5) is 14.9. The number of rotatable bonds is 2. The van der Waals surface area contributed by atoms with Crippen molar-refractivity contribution in [2.24, 2.45) is 0 Å². The van der Waals surface area contributed by atoms with Crippen LogP contribution in [0.25, 0.3) is 0 Å². The van der Waals surface area contributed by atoms with Crippen LogP contribution in [0, 0.1) is 0 Å². The third-order valence-corrected chi connectivity index (χ3v) is 3.41. The van der Waals surface area contributed by atoms with Crippen molar-refractivity contribution in [2.75, 3.05) is 19.7 Å². The quantitative estimate of drug-likeness (QED) is 0.817. The van der Waals surface area contributed by atoms with Gasteiger partial charge in [0.1, 0.15) is 0 Å². The van der Waals surface area contributed by atoms with Crippen molar-refractivity contribution >= 4 is 18.5 Å². The van der Waals surface area contributed by atoms with Gasteiger partial charge in [0, 0.05) is 18.0 Å². The van der Waals surface area contributed by atoms with Crippen molar-refractivity contribution in [3.05, 3.63) is 29.8 Å². The van der Waals surface area contributed by atoms with Crippen LogP contribution < -0.4 is 0 Å². The Kier molecular flexibility index (Phi) is 4.07. The van der Waals surface area contributed by atoms with Crippen molar-refractivity contribution in [1.82, 2.24) is 4.90 Å².